The summed E-state index contributed by atoms with van der Waals surface area (Å²) in [5, 5.41) is 25.0. The molecule has 0 bridgehead atoms. The smallest absolute Gasteiger partial charge is 0.285 e. The van der Waals surface area contributed by atoms with E-state index in [4.69, 9.17) is 5.26 Å². The van der Waals surface area contributed by atoms with Crippen LogP contribution >= 0.6 is 0 Å². The first-order valence-electron chi connectivity index (χ1n) is 7.03. The molecule has 1 heterocycles. The fourth-order valence-electron chi connectivity index (χ4n) is 2.36. The molecule has 0 aromatic carbocycles. The van der Waals surface area contributed by atoms with Crippen LogP contribution in [0.25, 0.3) is 0 Å². The van der Waals surface area contributed by atoms with Crippen molar-refractivity contribution in [3.63, 3.8) is 0 Å². The number of aromatic nitrogens is 2. The minimum absolute atomic E-state index is 0.00876. The van der Waals surface area contributed by atoms with Crippen LogP contribution in [0.4, 0.5) is 0 Å². The zero-order chi connectivity index (χ0) is 16.5. The van der Waals surface area contributed by atoms with Gasteiger partial charge in [-0.2, -0.15) is 15.6 Å². The highest BCUT2D eigenvalue weighted by Gasteiger charge is 2.43. The molecule has 7 heteroatoms. The zero-order valence-electron chi connectivity index (χ0n) is 12.8. The van der Waals surface area contributed by atoms with Gasteiger partial charge in [0.1, 0.15) is 23.7 Å². The Kier molecular flexibility index (Phi) is 4.01. The number of carbonyl (C=O) groups is 1. The van der Waals surface area contributed by atoms with Gasteiger partial charge >= 0.3 is 0 Å². The summed E-state index contributed by atoms with van der Waals surface area (Å²) < 4.78 is 0.973. The van der Waals surface area contributed by atoms with E-state index in [0.29, 0.717) is 11.3 Å². The number of nitrogens with zero attached hydrogens (tertiary/aromatic N) is 4. The lowest BCUT2D eigenvalue weighted by Gasteiger charge is -2.23. The second-order valence-corrected chi connectivity index (χ2v) is 5.80. The molecule has 1 atom stereocenters. The van der Waals surface area contributed by atoms with Crippen LogP contribution in [-0.2, 0) is 11.3 Å². The molecule has 0 unspecified atom stereocenters. The Bertz CT molecular complexity index is 764. The molecule has 1 aromatic rings. The van der Waals surface area contributed by atoms with Gasteiger partial charge in [-0.15, -0.1) is 0 Å². The van der Waals surface area contributed by atoms with E-state index in [-0.39, 0.29) is 18.0 Å². The molecule has 1 saturated carbocycles. The molecule has 1 aliphatic carbocycles. The third kappa shape index (κ3) is 2.84. The summed E-state index contributed by atoms with van der Waals surface area (Å²) in [5.41, 5.74) is -0.479. The van der Waals surface area contributed by atoms with Crippen LogP contribution in [0.3, 0.4) is 0 Å². The maximum Gasteiger partial charge on any atom is 0.285 e. The molecule has 1 N–H and O–H groups in total. The van der Waals surface area contributed by atoms with Crippen LogP contribution in [0.15, 0.2) is 4.79 Å². The molecule has 114 valence electrons. The zero-order valence-corrected chi connectivity index (χ0v) is 12.8. The van der Waals surface area contributed by atoms with Crippen molar-refractivity contribution in [2.75, 3.05) is 0 Å². The van der Waals surface area contributed by atoms with Crippen LogP contribution < -0.4 is 10.9 Å². The van der Waals surface area contributed by atoms with E-state index < -0.39 is 17.0 Å². The molecular weight excluding hydrogens is 282 g/mol. The van der Waals surface area contributed by atoms with Crippen molar-refractivity contribution in [2.24, 2.45) is 5.92 Å². The van der Waals surface area contributed by atoms with Gasteiger partial charge in [-0.05, 0) is 45.1 Å². The van der Waals surface area contributed by atoms with Gasteiger partial charge in [-0.1, -0.05) is 0 Å². The van der Waals surface area contributed by atoms with E-state index in [2.05, 4.69) is 16.5 Å². The number of nitriles is 2. The average Bonchev–Trinajstić information content (AvgIpc) is 3.30. The van der Waals surface area contributed by atoms with Crippen molar-refractivity contribution in [1.29, 1.82) is 10.5 Å². The predicted molar refractivity (Wildman–Crippen MR) is 77.6 cm³/mol. The summed E-state index contributed by atoms with van der Waals surface area (Å²) in [4.78, 5) is 24.2. The molecule has 22 heavy (non-hydrogen) atoms. The number of nitrogens with one attached hydrogen (secondary N) is 1. The quantitative estimate of drug-likeness (QED) is 0.872. The lowest BCUT2D eigenvalue weighted by molar-refractivity contribution is -0.123. The van der Waals surface area contributed by atoms with Gasteiger partial charge in [-0.3, -0.25) is 9.59 Å². The summed E-state index contributed by atoms with van der Waals surface area (Å²) >= 11 is 0. The average molecular weight is 299 g/mol. The lowest BCUT2D eigenvalue weighted by Crippen LogP contribution is -2.49. The first-order valence-corrected chi connectivity index (χ1v) is 7.03. The van der Waals surface area contributed by atoms with E-state index >= 15 is 0 Å². The summed E-state index contributed by atoms with van der Waals surface area (Å²) in [6.07, 6.45) is 1.81. The molecule has 7 nitrogen and oxygen atoms in total. The number of carbonyl (C=O) groups excluding carboxylic acids is 1. The molecule has 1 aromatic heterocycles. The molecular formula is C15H17N5O2. The fraction of sp³-hybridized carbons (Fsp3) is 0.533. The summed E-state index contributed by atoms with van der Waals surface area (Å²) in [7, 11) is 0. The molecule has 1 aliphatic rings. The van der Waals surface area contributed by atoms with Crippen molar-refractivity contribution in [3.05, 3.63) is 27.2 Å². The molecule has 0 aliphatic heterocycles. The van der Waals surface area contributed by atoms with E-state index in [9.17, 15) is 14.9 Å². The predicted octanol–water partition coefficient (Wildman–Crippen LogP) is 0.540. The Labute approximate surface area is 128 Å². The topological polar surface area (TPSA) is 112 Å². The normalized spacial score (nSPS) is 16.2. The highest BCUT2D eigenvalue weighted by Crippen LogP contribution is 2.39. The summed E-state index contributed by atoms with van der Waals surface area (Å²) in [6.45, 7) is 4.69. The van der Waals surface area contributed by atoms with Crippen molar-refractivity contribution >= 4 is 5.91 Å². The Morgan fingerprint density at radius 3 is 2.59 bits per heavy atom. The first kappa shape index (κ1) is 15.7. The number of amides is 1. The monoisotopic (exact) mass is 299 g/mol. The molecule has 1 amide bonds. The van der Waals surface area contributed by atoms with Crippen LogP contribution in [0.1, 0.15) is 36.6 Å². The van der Waals surface area contributed by atoms with Crippen molar-refractivity contribution < 1.29 is 4.79 Å². The van der Waals surface area contributed by atoms with Crippen molar-refractivity contribution in [1.82, 2.24) is 15.1 Å². The van der Waals surface area contributed by atoms with Crippen LogP contribution in [-0.4, -0.2) is 21.2 Å². The van der Waals surface area contributed by atoms with E-state index in [1.165, 1.54) is 0 Å². The number of hydrogen-bond donors (Lipinski definition) is 1. The van der Waals surface area contributed by atoms with Crippen molar-refractivity contribution in [2.45, 2.75) is 45.7 Å². The van der Waals surface area contributed by atoms with Crippen molar-refractivity contribution in [3.8, 4) is 12.1 Å². The number of hydrogen-bond acceptors (Lipinski definition) is 5. The fourth-order valence-corrected chi connectivity index (χ4v) is 2.36. The largest absolute Gasteiger partial charge is 0.336 e. The van der Waals surface area contributed by atoms with E-state index in [0.717, 1.165) is 17.5 Å². The van der Waals surface area contributed by atoms with E-state index in [1.54, 1.807) is 20.8 Å². The summed E-state index contributed by atoms with van der Waals surface area (Å²) in [5.74, 6) is -0.307. The maximum absolute atomic E-state index is 12.1. The molecule has 1 fully saturated rings. The first-order chi connectivity index (χ1) is 10.3. The molecule has 0 radical (unpaired) electrons. The highest BCUT2D eigenvalue weighted by atomic mass is 16.2. The minimum atomic E-state index is -0.918. The van der Waals surface area contributed by atoms with Gasteiger partial charge in [0.2, 0.25) is 5.91 Å². The lowest BCUT2D eigenvalue weighted by atomic mass is 9.98. The molecule has 0 saturated heterocycles. The van der Waals surface area contributed by atoms with Gasteiger partial charge in [0, 0.05) is 0 Å². The van der Waals surface area contributed by atoms with Gasteiger partial charge in [0.15, 0.2) is 0 Å². The Hall–Kier alpha value is -2.67. The number of aryl methyl sites for hydroxylation is 1. The second-order valence-electron chi connectivity index (χ2n) is 5.80. The van der Waals surface area contributed by atoms with Crippen LogP contribution in [0, 0.1) is 42.4 Å². The summed E-state index contributed by atoms with van der Waals surface area (Å²) in [6, 6.07) is 3.97. The molecule has 2 rings (SSSR count). The highest BCUT2D eigenvalue weighted by molar-refractivity contribution is 5.77. The SMILES string of the molecule is Cc1nn(CC(=O)N[C@@](C)(C#N)C2CC2)c(=O)c(C#N)c1C. The number of rotatable bonds is 4. The van der Waals surface area contributed by atoms with Crippen LogP contribution in [0.2, 0.25) is 0 Å². The van der Waals surface area contributed by atoms with Gasteiger partial charge in [-0.25, -0.2) is 4.68 Å². The second kappa shape index (κ2) is 5.61. The van der Waals surface area contributed by atoms with Crippen LogP contribution in [0.5, 0.6) is 0 Å². The standard InChI is InChI=1S/C15H17N5O2/c1-9-10(2)19-20(14(22)12(9)6-16)7-13(21)18-15(3,8-17)11-4-5-11/h11H,4-5,7H2,1-3H3,(H,18,21)/t15-/m0/s1. The minimum Gasteiger partial charge on any atom is -0.336 e. The van der Waals surface area contributed by atoms with Gasteiger partial charge in [0.05, 0.1) is 11.8 Å². The third-order valence-corrected chi connectivity index (χ3v) is 4.07. The Morgan fingerprint density at radius 1 is 1.45 bits per heavy atom. The van der Waals surface area contributed by atoms with Gasteiger partial charge in [0.25, 0.3) is 5.56 Å². The Balaban J connectivity index is 2.23. The molecule has 0 spiro atoms. The van der Waals surface area contributed by atoms with Gasteiger partial charge < -0.3 is 5.32 Å². The Morgan fingerprint density at radius 2 is 2.09 bits per heavy atom. The maximum atomic E-state index is 12.1. The third-order valence-electron chi connectivity index (χ3n) is 4.07. The van der Waals surface area contributed by atoms with E-state index in [1.807, 2.05) is 6.07 Å².